The lowest BCUT2D eigenvalue weighted by molar-refractivity contribution is -0.122. The first kappa shape index (κ1) is 15.9. The number of hydrogen-bond donors (Lipinski definition) is 3. The lowest BCUT2D eigenvalue weighted by Crippen LogP contribution is -2.42. The van der Waals surface area contributed by atoms with Crippen molar-refractivity contribution in [3.05, 3.63) is 34.6 Å². The number of rotatable bonds is 4. The molecule has 0 aliphatic carbocycles. The molecule has 2 atom stereocenters. The first-order chi connectivity index (χ1) is 9.99. The third-order valence-electron chi connectivity index (χ3n) is 3.42. The second-order valence-corrected chi connectivity index (χ2v) is 5.70. The third kappa shape index (κ3) is 4.00. The highest BCUT2D eigenvalue weighted by atomic mass is 35.5. The van der Waals surface area contributed by atoms with Crippen LogP contribution in [0.1, 0.15) is 25.8 Å². The zero-order chi connectivity index (χ0) is 15.4. The van der Waals surface area contributed by atoms with Crippen molar-refractivity contribution in [3.63, 3.8) is 0 Å². The summed E-state index contributed by atoms with van der Waals surface area (Å²) in [5, 5.41) is 4.00. The van der Waals surface area contributed by atoms with Gasteiger partial charge in [-0.05, 0) is 24.5 Å². The van der Waals surface area contributed by atoms with E-state index in [1.54, 1.807) is 6.07 Å². The minimum absolute atomic E-state index is 0.150. The van der Waals surface area contributed by atoms with Gasteiger partial charge in [-0.15, -0.1) is 0 Å². The number of carbonyl (C=O) groups excluding carboxylic acids is 1. The van der Waals surface area contributed by atoms with E-state index in [2.05, 4.69) is 35.2 Å². The molecule has 1 aliphatic rings. The minimum atomic E-state index is -0.485. The van der Waals surface area contributed by atoms with Gasteiger partial charge in [0.1, 0.15) is 11.9 Å². The molecule has 0 aromatic heterocycles. The summed E-state index contributed by atoms with van der Waals surface area (Å²) in [6.45, 7) is 4.16. The maximum Gasteiger partial charge on any atom is 0.258 e. The molecule has 7 heteroatoms. The van der Waals surface area contributed by atoms with Crippen LogP contribution in [0.5, 0.6) is 0 Å². The number of nitrogens with zero attached hydrogens (tertiary/aromatic N) is 1. The normalized spacial score (nSPS) is 22.1. The van der Waals surface area contributed by atoms with Crippen molar-refractivity contribution < 1.29 is 9.18 Å². The summed E-state index contributed by atoms with van der Waals surface area (Å²) in [6, 6.07) is 4.23. The van der Waals surface area contributed by atoms with Crippen LogP contribution < -0.4 is 16.3 Å². The molecule has 0 spiro atoms. The van der Waals surface area contributed by atoms with Crippen molar-refractivity contribution in [2.75, 3.05) is 0 Å². The molecule has 21 heavy (non-hydrogen) atoms. The van der Waals surface area contributed by atoms with E-state index in [-0.39, 0.29) is 28.6 Å². The highest BCUT2D eigenvalue weighted by Crippen LogP contribution is 2.16. The van der Waals surface area contributed by atoms with E-state index in [0.29, 0.717) is 12.3 Å². The van der Waals surface area contributed by atoms with Gasteiger partial charge in [-0.2, -0.15) is 5.10 Å². The molecule has 2 rings (SSSR count). The van der Waals surface area contributed by atoms with Crippen molar-refractivity contribution in [2.45, 2.75) is 32.4 Å². The van der Waals surface area contributed by atoms with Crippen molar-refractivity contribution in [1.82, 2.24) is 16.3 Å². The van der Waals surface area contributed by atoms with Crippen LogP contribution in [0.15, 0.2) is 23.3 Å². The molecule has 2 unspecified atom stereocenters. The molecule has 114 valence electrons. The summed E-state index contributed by atoms with van der Waals surface area (Å²) in [4.78, 5) is 11.9. The van der Waals surface area contributed by atoms with Gasteiger partial charge < -0.3 is 0 Å². The molecule has 0 radical (unpaired) electrons. The Hall–Kier alpha value is -1.50. The van der Waals surface area contributed by atoms with Gasteiger partial charge >= 0.3 is 0 Å². The van der Waals surface area contributed by atoms with Crippen LogP contribution in [-0.4, -0.2) is 24.2 Å². The molecule has 1 fully saturated rings. The number of hydrazone groups is 1. The lowest BCUT2D eigenvalue weighted by Gasteiger charge is -2.12. The van der Waals surface area contributed by atoms with Crippen LogP contribution in [0.4, 0.5) is 4.39 Å². The van der Waals surface area contributed by atoms with E-state index < -0.39 is 5.82 Å². The van der Waals surface area contributed by atoms with Crippen LogP contribution in [0.3, 0.4) is 0 Å². The number of hydrogen-bond acceptors (Lipinski definition) is 4. The Balaban J connectivity index is 1.91. The Labute approximate surface area is 127 Å². The highest BCUT2D eigenvalue weighted by Gasteiger charge is 2.30. The molecule has 5 nitrogen and oxygen atoms in total. The first-order valence-corrected chi connectivity index (χ1v) is 7.15. The maximum absolute atomic E-state index is 13.5. The standard InChI is InChI=1S/C14H18ClFN4O/c1-8(2)12-6-13(19-18-12)14(21)20-17-7-9-10(15)4-3-5-11(9)16/h3-5,7-8,12-13,18-19H,6H2,1-2H3,(H,20,21)/b17-7+. The van der Waals surface area contributed by atoms with E-state index >= 15 is 0 Å². The van der Waals surface area contributed by atoms with Crippen molar-refractivity contribution in [3.8, 4) is 0 Å². The van der Waals surface area contributed by atoms with Gasteiger partial charge in [0.25, 0.3) is 5.91 Å². The summed E-state index contributed by atoms with van der Waals surface area (Å²) in [5.74, 6) is -0.327. The zero-order valence-electron chi connectivity index (χ0n) is 11.9. The molecule has 1 aromatic rings. The quantitative estimate of drug-likeness (QED) is 0.587. The predicted octanol–water partition coefficient (Wildman–Crippen LogP) is 1.82. The molecule has 1 heterocycles. The molecular weight excluding hydrogens is 295 g/mol. The maximum atomic E-state index is 13.5. The average molecular weight is 313 g/mol. The topological polar surface area (TPSA) is 65.5 Å². The monoisotopic (exact) mass is 312 g/mol. The van der Waals surface area contributed by atoms with Gasteiger partial charge in [0.15, 0.2) is 0 Å². The van der Waals surface area contributed by atoms with Crippen molar-refractivity contribution in [2.24, 2.45) is 11.0 Å². The zero-order valence-corrected chi connectivity index (χ0v) is 12.6. The number of halogens is 2. The van der Waals surface area contributed by atoms with E-state index in [1.165, 1.54) is 18.3 Å². The lowest BCUT2D eigenvalue weighted by atomic mass is 9.99. The van der Waals surface area contributed by atoms with Crippen LogP contribution in [-0.2, 0) is 4.79 Å². The minimum Gasteiger partial charge on any atom is -0.271 e. The summed E-state index contributed by atoms with van der Waals surface area (Å²) in [5.41, 5.74) is 8.53. The molecule has 0 saturated carbocycles. The van der Waals surface area contributed by atoms with Gasteiger partial charge in [0.05, 0.1) is 11.2 Å². The summed E-state index contributed by atoms with van der Waals surface area (Å²) < 4.78 is 13.5. The van der Waals surface area contributed by atoms with Crippen LogP contribution >= 0.6 is 11.6 Å². The number of hydrazine groups is 1. The van der Waals surface area contributed by atoms with Gasteiger partial charge in [-0.25, -0.2) is 15.2 Å². The van der Waals surface area contributed by atoms with Crippen LogP contribution in [0.2, 0.25) is 5.02 Å². The fourth-order valence-electron chi connectivity index (χ4n) is 2.06. The number of carbonyl (C=O) groups is 1. The Morgan fingerprint density at radius 1 is 1.52 bits per heavy atom. The molecule has 1 saturated heterocycles. The van der Waals surface area contributed by atoms with Gasteiger partial charge in [0.2, 0.25) is 0 Å². The van der Waals surface area contributed by atoms with Gasteiger partial charge in [-0.1, -0.05) is 31.5 Å². The molecule has 3 N–H and O–H groups in total. The Kier molecular flexibility index (Phi) is 5.27. The molecule has 1 amide bonds. The second kappa shape index (κ2) is 6.98. The smallest absolute Gasteiger partial charge is 0.258 e. The summed E-state index contributed by atoms with van der Waals surface area (Å²) >= 11 is 5.86. The van der Waals surface area contributed by atoms with E-state index in [1.807, 2.05) is 0 Å². The Bertz CT molecular complexity index is 530. The Morgan fingerprint density at radius 3 is 2.90 bits per heavy atom. The molecule has 0 bridgehead atoms. The summed E-state index contributed by atoms with van der Waals surface area (Å²) in [7, 11) is 0. The number of benzene rings is 1. The number of nitrogens with one attached hydrogen (secondary N) is 3. The molecule has 1 aromatic carbocycles. The fourth-order valence-corrected chi connectivity index (χ4v) is 2.28. The van der Waals surface area contributed by atoms with Crippen molar-refractivity contribution >= 4 is 23.7 Å². The Morgan fingerprint density at radius 2 is 2.29 bits per heavy atom. The summed E-state index contributed by atoms with van der Waals surface area (Å²) in [6.07, 6.45) is 1.89. The molecule has 1 aliphatic heterocycles. The predicted molar refractivity (Wildman–Crippen MR) is 80.4 cm³/mol. The largest absolute Gasteiger partial charge is 0.271 e. The van der Waals surface area contributed by atoms with E-state index in [0.717, 1.165) is 0 Å². The fraction of sp³-hybridized carbons (Fsp3) is 0.429. The second-order valence-electron chi connectivity index (χ2n) is 5.30. The van der Waals surface area contributed by atoms with E-state index in [9.17, 15) is 9.18 Å². The van der Waals surface area contributed by atoms with Gasteiger partial charge in [0, 0.05) is 11.6 Å². The van der Waals surface area contributed by atoms with Crippen LogP contribution in [0.25, 0.3) is 0 Å². The third-order valence-corrected chi connectivity index (χ3v) is 3.75. The SMILES string of the molecule is CC(C)C1CC(C(=O)N/N=C/c2c(F)cccc2Cl)NN1. The molecular formula is C14H18ClFN4O. The van der Waals surface area contributed by atoms with Gasteiger partial charge in [-0.3, -0.25) is 10.2 Å². The first-order valence-electron chi connectivity index (χ1n) is 6.77. The highest BCUT2D eigenvalue weighted by molar-refractivity contribution is 6.33. The average Bonchev–Trinajstić information content (AvgIpc) is 2.92. The van der Waals surface area contributed by atoms with Crippen LogP contribution in [0, 0.1) is 11.7 Å². The number of amides is 1. The van der Waals surface area contributed by atoms with E-state index in [4.69, 9.17) is 11.6 Å². The van der Waals surface area contributed by atoms with Crippen molar-refractivity contribution in [1.29, 1.82) is 0 Å².